The van der Waals surface area contributed by atoms with E-state index in [2.05, 4.69) is 4.98 Å². The molecule has 14 heavy (non-hydrogen) atoms. The molecule has 0 N–H and O–H groups in total. The standard InChI is InChI=1S/C12H11NO/c1-8-12(9(2)14)10-6-4-3-5-7-11(10)13-8/h3-7H,1-2H3. The van der Waals surface area contributed by atoms with E-state index in [0.717, 1.165) is 22.5 Å². The van der Waals surface area contributed by atoms with Crippen LogP contribution >= 0.6 is 0 Å². The maximum absolute atomic E-state index is 11.4. The summed E-state index contributed by atoms with van der Waals surface area (Å²) in [5.74, 6) is 0.0798. The summed E-state index contributed by atoms with van der Waals surface area (Å²) < 4.78 is 0. The van der Waals surface area contributed by atoms with E-state index < -0.39 is 0 Å². The number of Topliss-reactive ketones (excluding diaryl/α,β-unsaturated/α-hetero) is 1. The highest BCUT2D eigenvalue weighted by molar-refractivity contribution is 6.02. The number of aromatic nitrogens is 1. The Morgan fingerprint density at radius 3 is 2.64 bits per heavy atom. The summed E-state index contributed by atoms with van der Waals surface area (Å²) in [6.45, 7) is 3.45. The Labute approximate surface area is 82.9 Å². The van der Waals surface area contributed by atoms with Gasteiger partial charge in [-0.05, 0) is 19.9 Å². The van der Waals surface area contributed by atoms with Gasteiger partial charge >= 0.3 is 0 Å². The van der Waals surface area contributed by atoms with Gasteiger partial charge < -0.3 is 0 Å². The lowest BCUT2D eigenvalue weighted by Crippen LogP contribution is -1.93. The number of aryl methyl sites for hydroxylation is 1. The summed E-state index contributed by atoms with van der Waals surface area (Å²) in [5.41, 5.74) is 3.40. The number of hydrogen-bond acceptors (Lipinski definition) is 2. The summed E-state index contributed by atoms with van der Waals surface area (Å²) in [6.07, 6.45) is 0. The molecule has 2 heteroatoms. The average molecular weight is 185 g/mol. The third-order valence-corrected chi connectivity index (χ3v) is 2.29. The first kappa shape index (κ1) is 8.88. The van der Waals surface area contributed by atoms with E-state index >= 15 is 0 Å². The largest absolute Gasteiger partial charge is 0.294 e. The van der Waals surface area contributed by atoms with Gasteiger partial charge in [0.1, 0.15) is 0 Å². The number of fused-ring (bicyclic) bond motifs is 1. The van der Waals surface area contributed by atoms with Crippen molar-refractivity contribution in [2.45, 2.75) is 13.8 Å². The van der Waals surface area contributed by atoms with Crippen LogP contribution in [0.3, 0.4) is 0 Å². The molecule has 2 aliphatic rings. The van der Waals surface area contributed by atoms with Crippen molar-refractivity contribution in [1.29, 1.82) is 0 Å². The molecule has 0 saturated heterocycles. The van der Waals surface area contributed by atoms with E-state index in [1.54, 1.807) is 6.92 Å². The summed E-state index contributed by atoms with van der Waals surface area (Å²) in [5, 5.41) is 0. The minimum atomic E-state index is 0.0798. The maximum Gasteiger partial charge on any atom is 0.162 e. The molecule has 0 bridgehead atoms. The van der Waals surface area contributed by atoms with Gasteiger partial charge in [0.25, 0.3) is 0 Å². The van der Waals surface area contributed by atoms with Crippen molar-refractivity contribution in [3.63, 3.8) is 0 Å². The number of nitrogens with zero attached hydrogens (tertiary/aromatic N) is 1. The molecule has 0 spiro atoms. The summed E-state index contributed by atoms with van der Waals surface area (Å²) >= 11 is 0. The predicted molar refractivity (Wildman–Crippen MR) is 55.6 cm³/mol. The molecule has 0 aromatic heterocycles. The van der Waals surface area contributed by atoms with Crippen LogP contribution in [0.2, 0.25) is 0 Å². The van der Waals surface area contributed by atoms with Crippen molar-refractivity contribution in [2.24, 2.45) is 0 Å². The number of ketones is 1. The Kier molecular flexibility index (Phi) is 2.04. The van der Waals surface area contributed by atoms with Crippen molar-refractivity contribution in [3.8, 4) is 11.3 Å². The molecule has 0 fully saturated rings. The minimum Gasteiger partial charge on any atom is -0.294 e. The molecule has 2 nitrogen and oxygen atoms in total. The second kappa shape index (κ2) is 3.22. The highest BCUT2D eigenvalue weighted by atomic mass is 16.1. The molecular weight excluding hydrogens is 174 g/mol. The maximum atomic E-state index is 11.4. The number of carbonyl (C=O) groups is 1. The molecule has 1 aliphatic carbocycles. The fraction of sp³-hybridized carbons (Fsp3) is 0.167. The van der Waals surface area contributed by atoms with Crippen molar-refractivity contribution >= 4 is 5.78 Å². The first-order valence-electron chi connectivity index (χ1n) is 4.56. The molecule has 2 rings (SSSR count). The van der Waals surface area contributed by atoms with E-state index in [1.807, 2.05) is 37.3 Å². The highest BCUT2D eigenvalue weighted by Crippen LogP contribution is 2.27. The molecular formula is C12H11NO. The van der Waals surface area contributed by atoms with Crippen LogP contribution in [0.15, 0.2) is 30.3 Å². The van der Waals surface area contributed by atoms with E-state index in [9.17, 15) is 4.79 Å². The highest BCUT2D eigenvalue weighted by Gasteiger charge is 2.16. The summed E-state index contributed by atoms with van der Waals surface area (Å²) in [7, 11) is 0. The van der Waals surface area contributed by atoms with Crippen LogP contribution in [0.5, 0.6) is 0 Å². The van der Waals surface area contributed by atoms with Crippen LogP contribution in [0, 0.1) is 6.92 Å². The zero-order valence-electron chi connectivity index (χ0n) is 8.24. The normalized spacial score (nSPS) is 10.4. The van der Waals surface area contributed by atoms with Crippen LogP contribution in [0.1, 0.15) is 23.0 Å². The van der Waals surface area contributed by atoms with Crippen LogP contribution in [0.4, 0.5) is 0 Å². The van der Waals surface area contributed by atoms with Crippen molar-refractivity contribution in [2.75, 3.05) is 0 Å². The topological polar surface area (TPSA) is 30.0 Å². The second-order valence-corrected chi connectivity index (χ2v) is 3.34. The SMILES string of the molecule is CC(=O)c1c2cccccc-2nc1C. The third kappa shape index (κ3) is 1.29. The molecule has 0 unspecified atom stereocenters. The molecule has 1 heterocycles. The van der Waals surface area contributed by atoms with Gasteiger partial charge in [-0.15, -0.1) is 0 Å². The van der Waals surface area contributed by atoms with E-state index in [0.29, 0.717) is 0 Å². The first-order chi connectivity index (χ1) is 6.70. The second-order valence-electron chi connectivity index (χ2n) is 3.34. The quantitative estimate of drug-likeness (QED) is 0.639. The van der Waals surface area contributed by atoms with Crippen molar-refractivity contribution in [1.82, 2.24) is 4.98 Å². The van der Waals surface area contributed by atoms with E-state index in [1.165, 1.54) is 0 Å². The Morgan fingerprint density at radius 2 is 1.93 bits per heavy atom. The lowest BCUT2D eigenvalue weighted by molar-refractivity contribution is 0.101. The third-order valence-electron chi connectivity index (χ3n) is 2.29. The Hall–Kier alpha value is -1.70. The lowest BCUT2D eigenvalue weighted by Gasteiger charge is -1.94. The van der Waals surface area contributed by atoms with E-state index in [4.69, 9.17) is 0 Å². The van der Waals surface area contributed by atoms with Gasteiger partial charge in [-0.2, -0.15) is 0 Å². The van der Waals surface area contributed by atoms with Crippen molar-refractivity contribution < 1.29 is 4.79 Å². The van der Waals surface area contributed by atoms with Gasteiger partial charge in [-0.25, -0.2) is 0 Å². The van der Waals surface area contributed by atoms with Crippen LogP contribution in [0.25, 0.3) is 11.3 Å². The predicted octanol–water partition coefficient (Wildman–Crippen LogP) is 2.70. The monoisotopic (exact) mass is 185 g/mol. The average Bonchev–Trinajstić information content (AvgIpc) is 2.31. The Morgan fingerprint density at radius 1 is 1.21 bits per heavy atom. The van der Waals surface area contributed by atoms with Crippen LogP contribution in [-0.2, 0) is 0 Å². The molecule has 1 aliphatic heterocycles. The van der Waals surface area contributed by atoms with Gasteiger partial charge in [0.2, 0.25) is 0 Å². The molecule has 0 aromatic rings. The van der Waals surface area contributed by atoms with Crippen LogP contribution in [-0.4, -0.2) is 10.8 Å². The number of hydrogen-bond donors (Lipinski definition) is 0. The smallest absolute Gasteiger partial charge is 0.162 e. The summed E-state index contributed by atoms with van der Waals surface area (Å²) in [4.78, 5) is 15.8. The Bertz CT molecular complexity index is 462. The zero-order chi connectivity index (χ0) is 10.1. The van der Waals surface area contributed by atoms with E-state index in [-0.39, 0.29) is 5.78 Å². The summed E-state index contributed by atoms with van der Waals surface area (Å²) in [6, 6.07) is 9.65. The van der Waals surface area contributed by atoms with Gasteiger partial charge in [-0.3, -0.25) is 9.78 Å². The van der Waals surface area contributed by atoms with Crippen LogP contribution < -0.4 is 0 Å². The first-order valence-corrected chi connectivity index (χ1v) is 4.56. The zero-order valence-corrected chi connectivity index (χ0v) is 8.24. The number of carbonyl (C=O) groups excluding carboxylic acids is 1. The fourth-order valence-corrected chi connectivity index (χ4v) is 1.72. The van der Waals surface area contributed by atoms with Gasteiger partial charge in [0.15, 0.2) is 5.78 Å². The Balaban J connectivity index is 2.77. The van der Waals surface area contributed by atoms with Gasteiger partial charge in [0, 0.05) is 16.8 Å². The van der Waals surface area contributed by atoms with Gasteiger partial charge in [-0.1, -0.05) is 24.3 Å². The van der Waals surface area contributed by atoms with Crippen molar-refractivity contribution in [3.05, 3.63) is 41.6 Å². The minimum absolute atomic E-state index is 0.0798. The molecule has 0 aromatic carbocycles. The van der Waals surface area contributed by atoms with Gasteiger partial charge in [0.05, 0.1) is 5.69 Å². The molecule has 0 radical (unpaired) electrons. The molecule has 0 atom stereocenters. The molecule has 0 saturated carbocycles. The lowest BCUT2D eigenvalue weighted by atomic mass is 10.1. The molecule has 0 amide bonds. The molecule has 70 valence electrons. The number of rotatable bonds is 1. The fourth-order valence-electron chi connectivity index (χ4n) is 1.72.